The molecule has 0 atom stereocenters. The van der Waals surface area contributed by atoms with Crippen LogP contribution in [-0.2, 0) is 10.0 Å². The van der Waals surface area contributed by atoms with Gasteiger partial charge in [0.1, 0.15) is 5.75 Å². The zero-order valence-corrected chi connectivity index (χ0v) is 14.3. The van der Waals surface area contributed by atoms with Crippen molar-refractivity contribution in [1.82, 2.24) is 14.3 Å². The van der Waals surface area contributed by atoms with Gasteiger partial charge in [0.15, 0.2) is 16.5 Å². The lowest BCUT2D eigenvalue weighted by atomic mass is 10.1. The number of ether oxygens (including phenoxy) is 1. The molecule has 2 N–H and O–H groups in total. The molecular weight excluding hydrogens is 352 g/mol. The first-order chi connectivity index (χ1) is 11.7. The third-order valence-corrected chi connectivity index (χ3v) is 5.08. The van der Waals surface area contributed by atoms with Crippen LogP contribution < -0.4 is 16.2 Å². The molecule has 0 saturated carbocycles. The van der Waals surface area contributed by atoms with E-state index in [0.717, 1.165) is 11.1 Å². The standard InChI is InChI=1S/C14H14N4O6S/c1-7-4-8(2)6-10(5-7)22-13-17-24-14(19)18(13)25(20,21)11-9(3)23-16-12(11)15/h4-6H,1-3H3,(H2,15,16). The second-order valence-electron chi connectivity index (χ2n) is 5.38. The number of rotatable bonds is 4. The number of aromatic nitrogens is 3. The van der Waals surface area contributed by atoms with Crippen molar-refractivity contribution in [3.63, 3.8) is 0 Å². The average Bonchev–Trinajstić information content (AvgIpc) is 3.01. The van der Waals surface area contributed by atoms with Gasteiger partial charge in [-0.1, -0.05) is 11.2 Å². The highest BCUT2D eigenvalue weighted by molar-refractivity contribution is 7.90. The Morgan fingerprint density at radius 2 is 1.72 bits per heavy atom. The zero-order valence-electron chi connectivity index (χ0n) is 13.5. The summed E-state index contributed by atoms with van der Waals surface area (Å²) in [6.07, 6.45) is 0. The van der Waals surface area contributed by atoms with E-state index in [-0.39, 0.29) is 15.6 Å². The Bertz CT molecular complexity index is 1070. The van der Waals surface area contributed by atoms with E-state index in [9.17, 15) is 13.2 Å². The van der Waals surface area contributed by atoms with Crippen LogP contribution in [0.1, 0.15) is 16.9 Å². The van der Waals surface area contributed by atoms with Gasteiger partial charge in [-0.2, -0.15) is 0 Å². The number of aryl methyl sites for hydroxylation is 3. The number of hydrogen-bond donors (Lipinski definition) is 1. The van der Waals surface area contributed by atoms with Gasteiger partial charge in [-0.05, 0) is 49.2 Å². The molecule has 0 unspecified atom stereocenters. The van der Waals surface area contributed by atoms with Crippen molar-refractivity contribution in [2.24, 2.45) is 0 Å². The summed E-state index contributed by atoms with van der Waals surface area (Å²) in [6, 6.07) is 4.65. The first-order valence-electron chi connectivity index (χ1n) is 7.02. The normalized spacial score (nSPS) is 11.6. The van der Waals surface area contributed by atoms with Crippen molar-refractivity contribution < 1.29 is 22.2 Å². The van der Waals surface area contributed by atoms with Crippen LogP contribution in [0.3, 0.4) is 0 Å². The summed E-state index contributed by atoms with van der Waals surface area (Å²) in [5.74, 6) is -1.42. The molecule has 0 fully saturated rings. The van der Waals surface area contributed by atoms with E-state index in [4.69, 9.17) is 15.0 Å². The van der Waals surface area contributed by atoms with Crippen molar-refractivity contribution in [2.45, 2.75) is 25.7 Å². The molecule has 0 radical (unpaired) electrons. The van der Waals surface area contributed by atoms with Crippen molar-refractivity contribution >= 4 is 15.8 Å². The maximum Gasteiger partial charge on any atom is 0.458 e. The summed E-state index contributed by atoms with van der Waals surface area (Å²) < 4.78 is 40.4. The Morgan fingerprint density at radius 1 is 1.08 bits per heavy atom. The molecule has 1 aromatic carbocycles. The van der Waals surface area contributed by atoms with Gasteiger partial charge in [0.25, 0.3) is 10.0 Å². The van der Waals surface area contributed by atoms with Crippen LogP contribution in [-0.4, -0.2) is 22.7 Å². The van der Waals surface area contributed by atoms with Gasteiger partial charge in [0.2, 0.25) is 0 Å². The summed E-state index contributed by atoms with van der Waals surface area (Å²) in [6.45, 7) is 5.03. The SMILES string of the molecule is Cc1cc(C)cc(Oc2noc(=O)n2S(=O)(=O)c2c(N)noc2C)c1. The van der Waals surface area contributed by atoms with Crippen LogP contribution in [0.4, 0.5) is 5.82 Å². The molecule has 2 aromatic heterocycles. The molecule has 0 aliphatic carbocycles. The van der Waals surface area contributed by atoms with Gasteiger partial charge in [-0.15, -0.1) is 3.97 Å². The van der Waals surface area contributed by atoms with Gasteiger partial charge in [-0.3, -0.25) is 4.52 Å². The quantitative estimate of drug-likeness (QED) is 0.723. The lowest BCUT2D eigenvalue weighted by Crippen LogP contribution is -2.25. The molecule has 3 aromatic rings. The van der Waals surface area contributed by atoms with Crippen LogP contribution in [0.25, 0.3) is 0 Å². The Hall–Kier alpha value is -3.08. The Labute approximate surface area is 141 Å². The highest BCUT2D eigenvalue weighted by Crippen LogP contribution is 2.28. The largest absolute Gasteiger partial charge is 0.458 e. The highest BCUT2D eigenvalue weighted by atomic mass is 32.2. The summed E-state index contributed by atoms with van der Waals surface area (Å²) in [7, 11) is -4.47. The molecule has 0 bridgehead atoms. The van der Waals surface area contributed by atoms with Crippen LogP contribution in [0.2, 0.25) is 0 Å². The molecule has 0 aliphatic rings. The van der Waals surface area contributed by atoms with Crippen molar-refractivity contribution in [3.05, 3.63) is 45.6 Å². The van der Waals surface area contributed by atoms with Gasteiger partial charge in [0, 0.05) is 0 Å². The number of nitrogens with two attached hydrogens (primary N) is 1. The zero-order chi connectivity index (χ0) is 18.4. The van der Waals surface area contributed by atoms with Crippen LogP contribution in [0.15, 0.2) is 36.9 Å². The van der Waals surface area contributed by atoms with Gasteiger partial charge >= 0.3 is 11.8 Å². The fourth-order valence-corrected chi connectivity index (χ4v) is 3.77. The molecule has 11 heteroatoms. The van der Waals surface area contributed by atoms with E-state index in [2.05, 4.69) is 14.8 Å². The van der Waals surface area contributed by atoms with E-state index < -0.39 is 26.7 Å². The van der Waals surface area contributed by atoms with E-state index in [1.54, 1.807) is 12.1 Å². The summed E-state index contributed by atoms with van der Waals surface area (Å²) in [4.78, 5) is 11.5. The molecule has 0 aliphatic heterocycles. The van der Waals surface area contributed by atoms with Crippen LogP contribution in [0.5, 0.6) is 11.8 Å². The summed E-state index contributed by atoms with van der Waals surface area (Å²) >= 11 is 0. The predicted octanol–water partition coefficient (Wildman–Crippen LogP) is 1.36. The van der Waals surface area contributed by atoms with E-state index in [1.807, 2.05) is 19.9 Å². The Morgan fingerprint density at radius 3 is 2.28 bits per heavy atom. The van der Waals surface area contributed by atoms with E-state index in [1.165, 1.54) is 6.92 Å². The fraction of sp³-hybridized carbons (Fsp3) is 0.214. The minimum atomic E-state index is -4.47. The van der Waals surface area contributed by atoms with E-state index in [0.29, 0.717) is 5.75 Å². The maximum atomic E-state index is 12.8. The smallest absolute Gasteiger partial charge is 0.423 e. The lowest BCUT2D eigenvalue weighted by Gasteiger charge is -2.08. The first-order valence-corrected chi connectivity index (χ1v) is 8.46. The molecule has 2 heterocycles. The second kappa shape index (κ2) is 5.77. The summed E-state index contributed by atoms with van der Waals surface area (Å²) in [5, 5.41) is 6.76. The van der Waals surface area contributed by atoms with E-state index >= 15 is 0 Å². The third-order valence-electron chi connectivity index (χ3n) is 3.28. The molecule has 0 amide bonds. The monoisotopic (exact) mass is 366 g/mol. The number of hydrogen-bond acceptors (Lipinski definition) is 9. The number of benzene rings is 1. The summed E-state index contributed by atoms with van der Waals surface area (Å²) in [5.41, 5.74) is 7.30. The second-order valence-corrected chi connectivity index (χ2v) is 7.10. The number of anilines is 1. The lowest BCUT2D eigenvalue weighted by molar-refractivity contribution is 0.351. The molecule has 0 spiro atoms. The highest BCUT2D eigenvalue weighted by Gasteiger charge is 2.33. The molecular formula is C14H14N4O6S. The average molecular weight is 366 g/mol. The van der Waals surface area contributed by atoms with Gasteiger partial charge in [0.05, 0.1) is 0 Å². The minimum absolute atomic E-state index is 0.0806. The fourth-order valence-electron chi connectivity index (χ4n) is 2.37. The molecule has 132 valence electrons. The van der Waals surface area contributed by atoms with Crippen molar-refractivity contribution in [2.75, 3.05) is 5.73 Å². The minimum Gasteiger partial charge on any atom is -0.423 e. The Kier molecular flexibility index (Phi) is 3.87. The first kappa shape index (κ1) is 16.8. The number of nitrogen functional groups attached to an aromatic ring is 1. The van der Waals surface area contributed by atoms with Gasteiger partial charge in [-0.25, -0.2) is 13.2 Å². The van der Waals surface area contributed by atoms with Gasteiger partial charge < -0.3 is 15.0 Å². The maximum absolute atomic E-state index is 12.8. The molecule has 0 saturated heterocycles. The molecule has 3 rings (SSSR count). The molecule has 10 nitrogen and oxygen atoms in total. The topological polar surface area (TPSA) is 143 Å². The predicted molar refractivity (Wildman–Crippen MR) is 85.0 cm³/mol. The van der Waals surface area contributed by atoms with Crippen molar-refractivity contribution in [3.8, 4) is 11.8 Å². The van der Waals surface area contributed by atoms with Crippen LogP contribution >= 0.6 is 0 Å². The number of nitrogens with zero attached hydrogens (tertiary/aromatic N) is 3. The van der Waals surface area contributed by atoms with Crippen molar-refractivity contribution in [1.29, 1.82) is 0 Å². The molecule has 25 heavy (non-hydrogen) atoms. The Balaban J connectivity index is 2.13. The third kappa shape index (κ3) is 2.89. The van der Waals surface area contributed by atoms with Crippen LogP contribution in [0, 0.1) is 20.8 Å².